The van der Waals surface area contributed by atoms with Gasteiger partial charge in [-0.05, 0) is 48.7 Å². The molecule has 0 spiro atoms. The minimum absolute atomic E-state index is 0.00906. The summed E-state index contributed by atoms with van der Waals surface area (Å²) in [6.45, 7) is 0.419. The van der Waals surface area contributed by atoms with Crippen LogP contribution in [0.25, 0.3) is 0 Å². The zero-order valence-corrected chi connectivity index (χ0v) is 14.6. The predicted octanol–water partition coefficient (Wildman–Crippen LogP) is 1.87. The van der Waals surface area contributed by atoms with Crippen LogP contribution in [-0.4, -0.2) is 37.0 Å². The van der Waals surface area contributed by atoms with Gasteiger partial charge in [0.15, 0.2) is 0 Å². The summed E-state index contributed by atoms with van der Waals surface area (Å²) in [6, 6.07) is 14.1. The Morgan fingerprint density at radius 1 is 1.15 bits per heavy atom. The summed E-state index contributed by atoms with van der Waals surface area (Å²) in [4.78, 5) is 36.6. The van der Waals surface area contributed by atoms with Crippen LogP contribution in [0.4, 0.5) is 10.5 Å². The van der Waals surface area contributed by atoms with Crippen LogP contribution in [0.3, 0.4) is 0 Å². The van der Waals surface area contributed by atoms with Crippen molar-refractivity contribution >= 4 is 23.5 Å². The van der Waals surface area contributed by atoms with Crippen molar-refractivity contribution in [1.82, 2.24) is 10.6 Å². The van der Waals surface area contributed by atoms with Gasteiger partial charge in [-0.25, -0.2) is 4.79 Å². The smallest absolute Gasteiger partial charge is 0.329 e. The second-order valence-corrected chi connectivity index (χ2v) is 6.58. The van der Waals surface area contributed by atoms with Crippen molar-refractivity contribution < 1.29 is 19.1 Å². The number of fused-ring (bicyclic) bond motifs is 1. The maximum atomic E-state index is 12.4. The van der Waals surface area contributed by atoms with Crippen molar-refractivity contribution in [3.63, 3.8) is 0 Å². The first-order chi connectivity index (χ1) is 13.1. The van der Waals surface area contributed by atoms with E-state index >= 15 is 0 Å². The zero-order chi connectivity index (χ0) is 18.8. The lowest BCUT2D eigenvalue weighted by Crippen LogP contribution is -2.37. The van der Waals surface area contributed by atoms with E-state index in [9.17, 15) is 14.4 Å². The van der Waals surface area contributed by atoms with Crippen LogP contribution in [0.15, 0.2) is 48.5 Å². The lowest BCUT2D eigenvalue weighted by molar-refractivity contribution is -0.117. The highest BCUT2D eigenvalue weighted by Gasteiger charge is 2.28. The van der Waals surface area contributed by atoms with E-state index in [-0.39, 0.29) is 24.5 Å². The molecule has 0 saturated carbocycles. The predicted molar refractivity (Wildman–Crippen MR) is 98.8 cm³/mol. The Hall–Kier alpha value is -3.35. The van der Waals surface area contributed by atoms with E-state index in [0.29, 0.717) is 17.8 Å². The van der Waals surface area contributed by atoms with Gasteiger partial charge in [-0.15, -0.1) is 0 Å². The number of anilines is 1. The van der Waals surface area contributed by atoms with Gasteiger partial charge in [0, 0.05) is 11.3 Å². The van der Waals surface area contributed by atoms with Gasteiger partial charge >= 0.3 is 6.03 Å². The van der Waals surface area contributed by atoms with Crippen LogP contribution >= 0.6 is 0 Å². The molecular weight excluding hydrogens is 346 g/mol. The van der Waals surface area contributed by atoms with Gasteiger partial charge in [-0.2, -0.15) is 0 Å². The first kappa shape index (κ1) is 17.1. The largest absolute Gasteiger partial charge is 0.488 e. The van der Waals surface area contributed by atoms with Gasteiger partial charge in [0.25, 0.3) is 5.91 Å². The van der Waals surface area contributed by atoms with Crippen LogP contribution in [0.2, 0.25) is 0 Å². The third-order valence-corrected chi connectivity index (χ3v) is 4.73. The second-order valence-electron chi connectivity index (χ2n) is 6.58. The number of aryl methyl sites for hydroxylation is 1. The highest BCUT2D eigenvalue weighted by atomic mass is 16.5. The summed E-state index contributed by atoms with van der Waals surface area (Å²) in [5, 5.41) is 5.11. The number of para-hydroxylation sites is 1. The summed E-state index contributed by atoms with van der Waals surface area (Å²) < 4.78 is 5.93. The van der Waals surface area contributed by atoms with Gasteiger partial charge in [0.2, 0.25) is 5.91 Å². The molecule has 7 nitrogen and oxygen atoms in total. The molecule has 4 rings (SSSR count). The maximum Gasteiger partial charge on any atom is 0.329 e. The quantitative estimate of drug-likeness (QED) is 0.810. The van der Waals surface area contributed by atoms with E-state index in [1.807, 2.05) is 18.2 Å². The molecule has 2 N–H and O–H groups in total. The molecule has 2 heterocycles. The maximum absolute atomic E-state index is 12.4. The molecule has 1 fully saturated rings. The average molecular weight is 365 g/mol. The average Bonchev–Trinajstić information content (AvgIpc) is 3.04. The Balaban J connectivity index is 1.34. The first-order valence-electron chi connectivity index (χ1n) is 8.84. The molecule has 1 saturated heterocycles. The van der Waals surface area contributed by atoms with Crippen LogP contribution < -0.4 is 20.3 Å². The third-order valence-electron chi connectivity index (χ3n) is 4.73. The standard InChI is InChI=1S/C20H19N3O4/c24-18-12-23(20(26)22-18)15-8-5-14(6-9-15)19(25)21-11-16-10-7-13-3-1-2-4-17(13)27-16/h1-6,8-9,16H,7,10-12H2,(H,21,25)(H,22,24,26)/t16-/m1/s1. The minimum atomic E-state index is -0.452. The van der Waals surface area contributed by atoms with Crippen LogP contribution in [-0.2, 0) is 11.2 Å². The molecule has 0 bridgehead atoms. The topological polar surface area (TPSA) is 87.7 Å². The number of carbonyl (C=O) groups excluding carboxylic acids is 3. The number of carbonyl (C=O) groups is 3. The van der Waals surface area contributed by atoms with E-state index in [0.717, 1.165) is 18.6 Å². The molecule has 0 radical (unpaired) electrons. The van der Waals surface area contributed by atoms with Gasteiger partial charge in [0.05, 0.1) is 6.54 Å². The highest BCUT2D eigenvalue weighted by Crippen LogP contribution is 2.26. The number of nitrogens with zero attached hydrogens (tertiary/aromatic N) is 1. The Morgan fingerprint density at radius 3 is 2.67 bits per heavy atom. The number of imide groups is 1. The molecule has 2 aromatic carbocycles. The van der Waals surface area contributed by atoms with E-state index in [1.54, 1.807) is 24.3 Å². The molecule has 0 unspecified atom stereocenters. The summed E-state index contributed by atoms with van der Waals surface area (Å²) in [6.07, 6.45) is 1.73. The number of benzene rings is 2. The van der Waals surface area contributed by atoms with E-state index in [1.165, 1.54) is 10.5 Å². The van der Waals surface area contributed by atoms with Crippen molar-refractivity contribution in [2.45, 2.75) is 18.9 Å². The van der Waals surface area contributed by atoms with E-state index < -0.39 is 6.03 Å². The number of hydrogen-bond donors (Lipinski definition) is 2. The molecular formula is C20H19N3O4. The second kappa shape index (κ2) is 7.11. The fourth-order valence-electron chi connectivity index (χ4n) is 3.28. The molecule has 2 aliphatic rings. The molecule has 0 aliphatic carbocycles. The molecule has 1 atom stereocenters. The lowest BCUT2D eigenvalue weighted by atomic mass is 10.0. The van der Waals surface area contributed by atoms with Gasteiger partial charge in [0.1, 0.15) is 18.4 Å². The zero-order valence-electron chi connectivity index (χ0n) is 14.6. The van der Waals surface area contributed by atoms with Crippen molar-refractivity contribution in [3.05, 3.63) is 59.7 Å². The van der Waals surface area contributed by atoms with Crippen molar-refractivity contribution in [3.8, 4) is 5.75 Å². The van der Waals surface area contributed by atoms with Crippen molar-refractivity contribution in [2.75, 3.05) is 18.0 Å². The summed E-state index contributed by atoms with van der Waals surface area (Å²) in [7, 11) is 0. The fraction of sp³-hybridized carbons (Fsp3) is 0.250. The Bertz CT molecular complexity index is 894. The molecule has 4 amide bonds. The summed E-state index contributed by atoms with van der Waals surface area (Å²) >= 11 is 0. The molecule has 2 aromatic rings. The number of urea groups is 1. The van der Waals surface area contributed by atoms with Crippen molar-refractivity contribution in [2.24, 2.45) is 0 Å². The highest BCUT2D eigenvalue weighted by molar-refractivity contribution is 6.12. The Kier molecular flexibility index (Phi) is 4.50. The number of ether oxygens (including phenoxy) is 1. The van der Waals surface area contributed by atoms with Crippen LogP contribution in [0.1, 0.15) is 22.3 Å². The summed E-state index contributed by atoms with van der Waals surface area (Å²) in [5.41, 5.74) is 2.25. The van der Waals surface area contributed by atoms with Gasteiger partial charge < -0.3 is 10.1 Å². The fourth-order valence-corrected chi connectivity index (χ4v) is 3.28. The number of amides is 4. The normalized spacial score (nSPS) is 18.5. The number of hydrogen-bond acceptors (Lipinski definition) is 4. The number of nitrogens with one attached hydrogen (secondary N) is 2. The molecule has 27 heavy (non-hydrogen) atoms. The van der Waals surface area contributed by atoms with E-state index in [2.05, 4.69) is 16.7 Å². The van der Waals surface area contributed by atoms with Crippen molar-refractivity contribution in [1.29, 1.82) is 0 Å². The van der Waals surface area contributed by atoms with Crippen LogP contribution in [0.5, 0.6) is 5.75 Å². The molecule has 138 valence electrons. The Morgan fingerprint density at radius 2 is 1.93 bits per heavy atom. The SMILES string of the molecule is O=C1CN(c2ccc(C(=O)NC[C@H]3CCc4ccccc4O3)cc2)C(=O)N1. The minimum Gasteiger partial charge on any atom is -0.488 e. The van der Waals surface area contributed by atoms with E-state index in [4.69, 9.17) is 4.74 Å². The number of rotatable bonds is 4. The Labute approximate surface area is 156 Å². The lowest BCUT2D eigenvalue weighted by Gasteiger charge is -2.26. The van der Waals surface area contributed by atoms with Crippen LogP contribution in [0, 0.1) is 0 Å². The first-order valence-corrected chi connectivity index (χ1v) is 8.84. The monoisotopic (exact) mass is 365 g/mol. The third kappa shape index (κ3) is 3.62. The van der Waals surface area contributed by atoms with Gasteiger partial charge in [-0.3, -0.25) is 19.8 Å². The van der Waals surface area contributed by atoms with Gasteiger partial charge in [-0.1, -0.05) is 18.2 Å². The molecule has 0 aromatic heterocycles. The molecule has 7 heteroatoms. The molecule has 2 aliphatic heterocycles. The summed E-state index contributed by atoms with van der Waals surface area (Å²) in [5.74, 6) is 0.340.